The molecule has 0 bridgehead atoms. The number of carbonyl (C=O) groups excluding carboxylic acids is 1. The van der Waals surface area contributed by atoms with Crippen LogP contribution in [0.1, 0.15) is 17.3 Å². The van der Waals surface area contributed by atoms with Gasteiger partial charge in [-0.25, -0.2) is 4.68 Å². The Morgan fingerprint density at radius 2 is 2.00 bits per heavy atom. The summed E-state index contributed by atoms with van der Waals surface area (Å²) in [6.07, 6.45) is 0. The Morgan fingerprint density at radius 3 is 2.71 bits per heavy atom. The van der Waals surface area contributed by atoms with Crippen molar-refractivity contribution in [2.45, 2.75) is 13.5 Å². The predicted octanol–water partition coefficient (Wildman–Crippen LogP) is 2.62. The Labute approximate surface area is 139 Å². The maximum atomic E-state index is 12.4. The third-order valence-corrected chi connectivity index (χ3v) is 3.56. The van der Waals surface area contributed by atoms with Crippen molar-refractivity contribution in [3.63, 3.8) is 0 Å². The summed E-state index contributed by atoms with van der Waals surface area (Å²) < 4.78 is 6.78. The molecule has 122 valence electrons. The van der Waals surface area contributed by atoms with E-state index in [4.69, 9.17) is 4.74 Å². The fraction of sp³-hybridized carbons (Fsp3) is 0.176. The summed E-state index contributed by atoms with van der Waals surface area (Å²) in [5, 5.41) is 14.5. The summed E-state index contributed by atoms with van der Waals surface area (Å²) in [7, 11) is 1.60. The number of amides is 1. The van der Waals surface area contributed by atoms with E-state index in [0.29, 0.717) is 23.6 Å². The number of nitrogens with one attached hydrogen (secondary N) is 1. The second-order valence-corrected chi connectivity index (χ2v) is 5.08. The number of nitrogens with zero attached hydrogens (tertiary/aromatic N) is 4. The van der Waals surface area contributed by atoms with E-state index < -0.39 is 0 Å². The molecule has 0 aliphatic rings. The second-order valence-electron chi connectivity index (χ2n) is 5.08. The molecule has 24 heavy (non-hydrogen) atoms. The van der Waals surface area contributed by atoms with Crippen molar-refractivity contribution in [1.29, 1.82) is 0 Å². The lowest BCUT2D eigenvalue weighted by molar-refractivity contribution is 0.102. The van der Waals surface area contributed by atoms with E-state index in [-0.39, 0.29) is 5.91 Å². The van der Waals surface area contributed by atoms with Gasteiger partial charge in [0.1, 0.15) is 5.75 Å². The molecule has 0 aliphatic heterocycles. The first-order valence-electron chi connectivity index (χ1n) is 7.53. The number of hydrogen-bond donors (Lipinski definition) is 1. The molecule has 1 amide bonds. The molecule has 0 fully saturated rings. The van der Waals surface area contributed by atoms with Gasteiger partial charge in [-0.15, -0.1) is 5.10 Å². The summed E-state index contributed by atoms with van der Waals surface area (Å²) in [5.74, 6) is 1.18. The molecule has 0 radical (unpaired) electrons. The third kappa shape index (κ3) is 3.24. The van der Waals surface area contributed by atoms with Crippen molar-refractivity contribution in [3.05, 3.63) is 54.1 Å². The van der Waals surface area contributed by atoms with Gasteiger partial charge in [0.2, 0.25) is 0 Å². The Kier molecular flexibility index (Phi) is 4.51. The highest BCUT2D eigenvalue weighted by Gasteiger charge is 2.11. The smallest absolute Gasteiger partial charge is 0.255 e. The molecule has 0 spiro atoms. The first kappa shape index (κ1) is 15.7. The number of ether oxygens (including phenoxy) is 1. The van der Waals surface area contributed by atoms with Crippen LogP contribution in [0.5, 0.6) is 5.75 Å². The average Bonchev–Trinajstić information content (AvgIpc) is 3.11. The van der Waals surface area contributed by atoms with Gasteiger partial charge in [-0.2, -0.15) is 0 Å². The highest BCUT2D eigenvalue weighted by atomic mass is 16.5. The second kappa shape index (κ2) is 6.91. The van der Waals surface area contributed by atoms with E-state index >= 15 is 0 Å². The maximum Gasteiger partial charge on any atom is 0.255 e. The molecule has 3 rings (SSSR count). The molecular formula is C17H17N5O2. The quantitative estimate of drug-likeness (QED) is 0.780. The van der Waals surface area contributed by atoms with Crippen molar-refractivity contribution in [1.82, 2.24) is 20.2 Å². The van der Waals surface area contributed by atoms with E-state index in [1.807, 2.05) is 19.1 Å². The molecule has 0 unspecified atom stereocenters. The molecule has 0 atom stereocenters. The number of carbonyl (C=O) groups is 1. The molecule has 0 aliphatic carbocycles. The van der Waals surface area contributed by atoms with Crippen molar-refractivity contribution in [3.8, 4) is 17.1 Å². The van der Waals surface area contributed by atoms with Crippen LogP contribution in [-0.4, -0.2) is 33.2 Å². The van der Waals surface area contributed by atoms with Gasteiger partial charge in [0, 0.05) is 23.4 Å². The lowest BCUT2D eigenvalue weighted by Gasteiger charge is -2.08. The summed E-state index contributed by atoms with van der Waals surface area (Å²) in [5.41, 5.74) is 2.03. The number of tetrazole rings is 1. The van der Waals surface area contributed by atoms with E-state index in [1.165, 1.54) is 0 Å². The van der Waals surface area contributed by atoms with Crippen LogP contribution in [0.4, 0.5) is 5.69 Å². The Balaban J connectivity index is 1.81. The Hall–Kier alpha value is -3.22. The minimum atomic E-state index is -0.197. The largest absolute Gasteiger partial charge is 0.497 e. The van der Waals surface area contributed by atoms with Crippen LogP contribution in [0.2, 0.25) is 0 Å². The lowest BCUT2D eigenvalue weighted by Crippen LogP contribution is -2.12. The Bertz CT molecular complexity index is 842. The SMILES string of the molecule is CCn1nnnc1-c1cccc(C(=O)Nc2ccc(OC)cc2)c1. The van der Waals surface area contributed by atoms with Crippen molar-refractivity contribution >= 4 is 11.6 Å². The molecular weight excluding hydrogens is 306 g/mol. The minimum absolute atomic E-state index is 0.197. The molecule has 0 saturated heterocycles. The third-order valence-electron chi connectivity index (χ3n) is 3.56. The monoisotopic (exact) mass is 323 g/mol. The number of anilines is 1. The van der Waals surface area contributed by atoms with Crippen LogP contribution < -0.4 is 10.1 Å². The number of methoxy groups -OCH3 is 1. The van der Waals surface area contributed by atoms with E-state index in [2.05, 4.69) is 20.8 Å². The molecule has 1 aromatic heterocycles. The van der Waals surface area contributed by atoms with Gasteiger partial charge in [-0.1, -0.05) is 12.1 Å². The number of rotatable bonds is 5. The molecule has 7 nitrogen and oxygen atoms in total. The van der Waals surface area contributed by atoms with Gasteiger partial charge in [-0.3, -0.25) is 4.79 Å². The summed E-state index contributed by atoms with van der Waals surface area (Å²) in [6, 6.07) is 14.4. The maximum absolute atomic E-state index is 12.4. The molecule has 3 aromatic rings. The average molecular weight is 323 g/mol. The summed E-state index contributed by atoms with van der Waals surface area (Å²) >= 11 is 0. The first-order chi connectivity index (χ1) is 11.7. The van der Waals surface area contributed by atoms with Crippen LogP contribution >= 0.6 is 0 Å². The van der Waals surface area contributed by atoms with Gasteiger partial charge in [0.05, 0.1) is 7.11 Å². The van der Waals surface area contributed by atoms with Crippen LogP contribution in [0.15, 0.2) is 48.5 Å². The predicted molar refractivity (Wildman–Crippen MR) is 89.9 cm³/mol. The van der Waals surface area contributed by atoms with Crippen LogP contribution in [0.3, 0.4) is 0 Å². The van der Waals surface area contributed by atoms with E-state index in [1.54, 1.807) is 48.2 Å². The summed E-state index contributed by atoms with van der Waals surface area (Å²) in [4.78, 5) is 12.4. The van der Waals surface area contributed by atoms with Crippen molar-refractivity contribution < 1.29 is 9.53 Å². The number of aryl methyl sites for hydroxylation is 1. The number of aromatic nitrogens is 4. The molecule has 1 heterocycles. The zero-order chi connectivity index (χ0) is 16.9. The van der Waals surface area contributed by atoms with E-state index in [0.717, 1.165) is 11.3 Å². The van der Waals surface area contributed by atoms with Crippen LogP contribution in [0.25, 0.3) is 11.4 Å². The minimum Gasteiger partial charge on any atom is -0.497 e. The highest BCUT2D eigenvalue weighted by molar-refractivity contribution is 6.04. The zero-order valence-electron chi connectivity index (χ0n) is 13.4. The molecule has 7 heteroatoms. The lowest BCUT2D eigenvalue weighted by atomic mass is 10.1. The Morgan fingerprint density at radius 1 is 1.21 bits per heavy atom. The van der Waals surface area contributed by atoms with E-state index in [9.17, 15) is 4.79 Å². The van der Waals surface area contributed by atoms with Crippen molar-refractivity contribution in [2.75, 3.05) is 12.4 Å². The van der Waals surface area contributed by atoms with Gasteiger partial charge in [-0.05, 0) is 53.7 Å². The molecule has 0 saturated carbocycles. The van der Waals surface area contributed by atoms with Crippen LogP contribution in [0, 0.1) is 0 Å². The topological polar surface area (TPSA) is 81.9 Å². The number of hydrogen-bond acceptors (Lipinski definition) is 5. The first-order valence-corrected chi connectivity index (χ1v) is 7.53. The zero-order valence-corrected chi connectivity index (χ0v) is 13.4. The van der Waals surface area contributed by atoms with Gasteiger partial charge < -0.3 is 10.1 Å². The standard InChI is InChI=1S/C17H17N5O2/c1-3-22-16(19-20-21-22)12-5-4-6-13(11-12)17(23)18-14-7-9-15(24-2)10-8-14/h4-11H,3H2,1-2H3,(H,18,23). The fourth-order valence-corrected chi connectivity index (χ4v) is 2.30. The van der Waals surface area contributed by atoms with Crippen LogP contribution in [-0.2, 0) is 6.54 Å². The number of benzene rings is 2. The molecule has 2 aromatic carbocycles. The fourth-order valence-electron chi connectivity index (χ4n) is 2.30. The van der Waals surface area contributed by atoms with Gasteiger partial charge in [0.25, 0.3) is 5.91 Å². The van der Waals surface area contributed by atoms with Gasteiger partial charge >= 0.3 is 0 Å². The molecule has 1 N–H and O–H groups in total. The highest BCUT2D eigenvalue weighted by Crippen LogP contribution is 2.19. The summed E-state index contributed by atoms with van der Waals surface area (Å²) in [6.45, 7) is 2.62. The normalized spacial score (nSPS) is 10.4. The van der Waals surface area contributed by atoms with Crippen molar-refractivity contribution in [2.24, 2.45) is 0 Å². The van der Waals surface area contributed by atoms with Gasteiger partial charge in [0.15, 0.2) is 5.82 Å².